The van der Waals surface area contributed by atoms with Gasteiger partial charge in [-0.05, 0) is 54.6 Å². The average Bonchev–Trinajstić information content (AvgIpc) is 3.81. The molecule has 0 N–H and O–H groups in total. The summed E-state index contributed by atoms with van der Waals surface area (Å²) in [5.41, 5.74) is 18.7. The molecule has 12 nitrogen and oxygen atoms in total. The van der Waals surface area contributed by atoms with Gasteiger partial charge in [0.15, 0.2) is 28.4 Å². The molecular weight excluding hydrogens is 721 g/mol. The smallest absolute Gasteiger partial charge is 0.253 e. The topological polar surface area (TPSA) is 91.6 Å². The van der Waals surface area contributed by atoms with Crippen LogP contribution < -0.4 is 32.0 Å². The quantitative estimate of drug-likeness (QED) is 0.135. The highest BCUT2D eigenvalue weighted by Gasteiger charge is 2.83. The van der Waals surface area contributed by atoms with Crippen molar-refractivity contribution in [2.24, 2.45) is 0 Å². The van der Waals surface area contributed by atoms with Crippen molar-refractivity contribution in [3.63, 3.8) is 0 Å². The Morgan fingerprint density at radius 3 is 1.76 bits per heavy atom. The molecule has 4 aromatic carbocycles. The first-order chi connectivity index (χ1) is 28.8. The molecule has 0 fully saturated rings. The predicted molar refractivity (Wildman–Crippen MR) is 207 cm³/mol. The van der Waals surface area contributed by atoms with Crippen LogP contribution in [-0.2, 0) is 5.91 Å². The van der Waals surface area contributed by atoms with E-state index in [-0.39, 0.29) is 6.29 Å². The monoisotopic (exact) mass is 743 g/mol. The number of rotatable bonds is 0. The molecular formula is C46H23N12+7. The highest BCUT2D eigenvalue weighted by molar-refractivity contribution is 6.15. The van der Waals surface area contributed by atoms with Crippen LogP contribution in [0.2, 0.25) is 0 Å². The van der Waals surface area contributed by atoms with Crippen LogP contribution in [0.1, 0.15) is 6.29 Å². The van der Waals surface area contributed by atoms with Gasteiger partial charge in [0.2, 0.25) is 35.7 Å². The Bertz CT molecular complexity index is 4180. The van der Waals surface area contributed by atoms with Gasteiger partial charge in [-0.15, -0.1) is 0 Å². The number of aromatic nitrogens is 12. The molecule has 58 heavy (non-hydrogen) atoms. The van der Waals surface area contributed by atoms with Crippen LogP contribution in [0, 0.1) is 0 Å². The van der Waals surface area contributed by atoms with Crippen LogP contribution in [0.25, 0.3) is 122 Å². The largest absolute Gasteiger partial charge is 0.770 e. The zero-order valence-electron chi connectivity index (χ0n) is 30.1. The fourth-order valence-electron chi connectivity index (χ4n) is 11.9. The van der Waals surface area contributed by atoms with E-state index in [0.29, 0.717) is 0 Å². The summed E-state index contributed by atoms with van der Waals surface area (Å²) in [7, 11) is 0. The summed E-state index contributed by atoms with van der Waals surface area (Å²) in [5, 5.41) is 4.75. The first-order valence-corrected chi connectivity index (χ1v) is 19.5. The third-order valence-corrected chi connectivity index (χ3v) is 13.8. The van der Waals surface area contributed by atoms with Crippen LogP contribution in [0.15, 0.2) is 135 Å². The molecule has 5 aliphatic rings. The van der Waals surface area contributed by atoms with Gasteiger partial charge in [-0.25, -0.2) is 15.0 Å². The van der Waals surface area contributed by atoms with Gasteiger partial charge in [0.05, 0.1) is 45.7 Å². The third kappa shape index (κ3) is 2.53. The maximum absolute atomic E-state index is 5.39. The molecule has 5 aliphatic heterocycles. The van der Waals surface area contributed by atoms with E-state index in [1.54, 1.807) is 12.4 Å². The molecule has 0 saturated carbocycles. The van der Waals surface area contributed by atoms with Crippen molar-refractivity contribution >= 4 is 87.7 Å². The zero-order valence-corrected chi connectivity index (χ0v) is 30.1. The molecule has 260 valence electrons. The molecule has 0 aliphatic carbocycles. The number of fused-ring (bicyclic) bond motifs is 9. The standard InChI is InChI=1S/C46H23N12/c1-2-23-3-4-24-7-10-29-32-37-44-34(36-43(32)53(19-15-50-36)45-52(18-1)38(23)39(24)56(29)45)31-12-9-26-6-5-25-8-11-30-33-35-27(47-13-14-49-35)22-28-42(33)54(20-16-48-28)46(55(44)21-17-51-37)57(30)40(25)41(26)58(31)46/h1-22,45H/q+7. The molecule has 0 saturated heterocycles. The van der Waals surface area contributed by atoms with Crippen molar-refractivity contribution < 1.29 is 32.0 Å². The minimum Gasteiger partial charge on any atom is -0.253 e. The summed E-state index contributed by atoms with van der Waals surface area (Å²) >= 11 is 0. The number of hydrogen-bond acceptors (Lipinski definition) is 5. The first-order valence-electron chi connectivity index (χ1n) is 19.5. The van der Waals surface area contributed by atoms with Gasteiger partial charge in [0.25, 0.3) is 27.6 Å². The Morgan fingerprint density at radius 1 is 0.414 bits per heavy atom. The lowest BCUT2D eigenvalue weighted by Gasteiger charge is -2.22. The van der Waals surface area contributed by atoms with Gasteiger partial charge >= 0.3 is 23.2 Å². The van der Waals surface area contributed by atoms with Gasteiger partial charge in [-0.1, -0.05) is 13.7 Å². The van der Waals surface area contributed by atoms with Gasteiger partial charge in [-0.3, -0.25) is 9.97 Å². The minimum absolute atomic E-state index is 0.136. The molecule has 8 aromatic heterocycles. The van der Waals surface area contributed by atoms with Crippen molar-refractivity contribution in [3.05, 3.63) is 135 Å². The van der Waals surface area contributed by atoms with Crippen LogP contribution in [-0.4, -0.2) is 24.9 Å². The molecule has 0 amide bonds. The second-order valence-corrected chi connectivity index (χ2v) is 16.1. The maximum atomic E-state index is 5.39. The van der Waals surface area contributed by atoms with Crippen LogP contribution >= 0.6 is 0 Å². The summed E-state index contributed by atoms with van der Waals surface area (Å²) in [4.78, 5) is 25.5. The normalized spacial score (nSPS) is 17.9. The number of nitrogens with zero attached hydrogens (tertiary/aromatic N) is 12. The van der Waals surface area contributed by atoms with Crippen molar-refractivity contribution in [1.82, 2.24) is 24.9 Å². The van der Waals surface area contributed by atoms with E-state index in [4.69, 9.17) is 24.9 Å². The van der Waals surface area contributed by atoms with Crippen LogP contribution in [0.5, 0.6) is 0 Å². The minimum atomic E-state index is -0.973. The summed E-state index contributed by atoms with van der Waals surface area (Å²) in [6.07, 6.45) is 18.0. The van der Waals surface area contributed by atoms with Gasteiger partial charge in [-0.2, -0.15) is 0 Å². The second-order valence-electron chi connectivity index (χ2n) is 16.1. The second kappa shape index (κ2) is 8.49. The van der Waals surface area contributed by atoms with E-state index in [2.05, 4.69) is 136 Å². The zero-order chi connectivity index (χ0) is 36.9. The summed E-state index contributed by atoms with van der Waals surface area (Å²) < 4.78 is 17.3. The van der Waals surface area contributed by atoms with E-state index in [1.165, 1.54) is 21.8 Å². The Labute approximate surface area is 324 Å². The predicted octanol–water partition coefficient (Wildman–Crippen LogP) is 3.23. The highest BCUT2D eigenvalue weighted by Crippen LogP contribution is 2.46. The number of benzene rings is 4. The molecule has 17 rings (SSSR count). The van der Waals surface area contributed by atoms with Crippen LogP contribution in [0.4, 0.5) is 0 Å². The van der Waals surface area contributed by atoms with Gasteiger partial charge < -0.3 is 0 Å². The van der Waals surface area contributed by atoms with Crippen molar-refractivity contribution in [2.45, 2.75) is 12.2 Å². The molecule has 0 bridgehead atoms. The van der Waals surface area contributed by atoms with Gasteiger partial charge in [0.1, 0.15) is 16.6 Å². The Kier molecular flexibility index (Phi) is 4.02. The highest BCUT2D eigenvalue weighted by atomic mass is 15.6. The van der Waals surface area contributed by atoms with Crippen molar-refractivity contribution in [1.29, 1.82) is 0 Å². The number of hydrogen-bond donors (Lipinski definition) is 0. The van der Waals surface area contributed by atoms with Crippen molar-refractivity contribution in [3.8, 4) is 33.8 Å². The van der Waals surface area contributed by atoms with E-state index in [9.17, 15) is 0 Å². The van der Waals surface area contributed by atoms with Gasteiger partial charge in [0, 0.05) is 54.9 Å². The fraction of sp³-hybridized carbons (Fsp3) is 0.0435. The molecule has 12 aromatic rings. The van der Waals surface area contributed by atoms with E-state index < -0.39 is 5.91 Å². The SMILES string of the molecule is c1cc2ccc3ccc4[n+]5c3c2[n+](c1)C5[n+]1ccnc2c3c5c(ncc[n+]5C56[n+]7ccnc8cc9nccnc9c(c87)-c7ccc8ccc9ccc-3[n+]5c9c8[n+]76)c-4c21. The fourth-order valence-corrected chi connectivity index (χ4v) is 11.9. The first kappa shape index (κ1) is 27.5. The van der Waals surface area contributed by atoms with Crippen molar-refractivity contribution in [2.75, 3.05) is 0 Å². The lowest BCUT2D eigenvalue weighted by atomic mass is 9.94. The molecule has 12 heteroatoms. The van der Waals surface area contributed by atoms with Crippen LogP contribution in [0.3, 0.4) is 0 Å². The molecule has 0 radical (unpaired) electrons. The Morgan fingerprint density at radius 2 is 0.966 bits per heavy atom. The molecule has 2 unspecified atom stereocenters. The maximum Gasteiger partial charge on any atom is 0.770 e. The summed E-state index contributed by atoms with van der Waals surface area (Å²) in [6, 6.07) is 29.1. The lowest BCUT2D eigenvalue weighted by molar-refractivity contribution is -1.29. The summed E-state index contributed by atoms with van der Waals surface area (Å²) in [5.74, 6) is -0.973. The molecule has 2 atom stereocenters. The summed E-state index contributed by atoms with van der Waals surface area (Å²) in [6.45, 7) is 0. The van der Waals surface area contributed by atoms with E-state index in [0.717, 1.165) is 99.7 Å². The molecule has 13 heterocycles. The number of pyridine rings is 4. The molecule has 1 spiro atoms. The third-order valence-electron chi connectivity index (χ3n) is 13.8. The van der Waals surface area contributed by atoms with E-state index >= 15 is 0 Å². The Balaban J connectivity index is 1.15. The van der Waals surface area contributed by atoms with E-state index in [1.807, 2.05) is 18.6 Å². The Hall–Kier alpha value is -8.12. The lowest BCUT2D eigenvalue weighted by Crippen LogP contribution is -2.98. The average molecular weight is 744 g/mol.